The molecule has 0 saturated heterocycles. The molecule has 2 heterocycles. The quantitative estimate of drug-likeness (QED) is 0.725. The average Bonchev–Trinajstić information content (AvgIpc) is 3.09. The van der Waals surface area contributed by atoms with Crippen molar-refractivity contribution in [2.75, 3.05) is 5.73 Å². The van der Waals surface area contributed by atoms with Crippen LogP contribution in [0.15, 0.2) is 51.8 Å². The van der Waals surface area contributed by atoms with Gasteiger partial charge in [-0.3, -0.25) is 0 Å². The van der Waals surface area contributed by atoms with Crippen LogP contribution in [0.5, 0.6) is 0 Å². The fraction of sp³-hybridized carbons (Fsp3) is 0.143. The van der Waals surface area contributed by atoms with Gasteiger partial charge < -0.3 is 14.7 Å². The minimum Gasteiger partial charge on any atom is -0.472 e. The molecule has 19 heavy (non-hydrogen) atoms. The Morgan fingerprint density at radius 3 is 2.63 bits per heavy atom. The van der Waals surface area contributed by atoms with Crippen LogP contribution >= 0.6 is 0 Å². The summed E-state index contributed by atoms with van der Waals surface area (Å²) in [5.41, 5.74) is 8.42. The predicted molar refractivity (Wildman–Crippen MR) is 70.3 cm³/mol. The molecule has 0 saturated carbocycles. The molecule has 5 heteroatoms. The molecule has 3 rings (SSSR count). The minimum atomic E-state index is 0.557. The van der Waals surface area contributed by atoms with Crippen molar-refractivity contribution in [3.8, 4) is 11.4 Å². The average molecular weight is 255 g/mol. The predicted octanol–water partition coefficient (Wildman–Crippen LogP) is 2.70. The molecule has 0 amide bonds. The van der Waals surface area contributed by atoms with E-state index in [-0.39, 0.29) is 0 Å². The van der Waals surface area contributed by atoms with Crippen molar-refractivity contribution in [1.29, 1.82) is 0 Å². The highest BCUT2D eigenvalue weighted by Gasteiger charge is 2.09. The molecule has 0 radical (unpaired) electrons. The Kier molecular flexibility index (Phi) is 3.02. The summed E-state index contributed by atoms with van der Waals surface area (Å²) < 4.78 is 10.2. The van der Waals surface area contributed by atoms with Crippen molar-refractivity contribution >= 4 is 5.69 Å². The summed E-state index contributed by atoms with van der Waals surface area (Å²) in [5.74, 6) is 1.18. The first-order valence-electron chi connectivity index (χ1n) is 6.01. The molecule has 2 N–H and O–H groups in total. The Bertz CT molecular complexity index is 642. The molecule has 1 aromatic carbocycles. The SMILES string of the molecule is Nc1ccc(CCc2nc(-c3ccoc3)no2)cc1. The normalized spacial score (nSPS) is 10.7. The molecule has 0 aliphatic heterocycles. The molecule has 0 aliphatic carbocycles. The number of nitrogen functional groups attached to an aromatic ring is 1. The molecule has 96 valence electrons. The fourth-order valence-electron chi connectivity index (χ4n) is 1.80. The second-order valence-corrected chi connectivity index (χ2v) is 4.27. The molecule has 0 unspecified atom stereocenters. The second kappa shape index (κ2) is 4.97. The van der Waals surface area contributed by atoms with Crippen LogP contribution < -0.4 is 5.73 Å². The van der Waals surface area contributed by atoms with Gasteiger partial charge in [0.2, 0.25) is 11.7 Å². The number of furan rings is 1. The van der Waals surface area contributed by atoms with Crippen LogP contribution in [0.1, 0.15) is 11.5 Å². The molecule has 0 fully saturated rings. The summed E-state index contributed by atoms with van der Waals surface area (Å²) in [6.07, 6.45) is 4.72. The summed E-state index contributed by atoms with van der Waals surface area (Å²) in [6.45, 7) is 0. The lowest BCUT2D eigenvalue weighted by Gasteiger charge is -1.98. The number of benzene rings is 1. The number of aryl methyl sites for hydroxylation is 2. The topological polar surface area (TPSA) is 78.1 Å². The lowest BCUT2D eigenvalue weighted by Crippen LogP contribution is -1.92. The van der Waals surface area contributed by atoms with E-state index in [1.54, 1.807) is 18.6 Å². The summed E-state index contributed by atoms with van der Waals surface area (Å²) in [7, 11) is 0. The highest BCUT2D eigenvalue weighted by Crippen LogP contribution is 2.16. The Labute approximate surface area is 110 Å². The Hall–Kier alpha value is -2.56. The van der Waals surface area contributed by atoms with Gasteiger partial charge in [-0.2, -0.15) is 4.98 Å². The van der Waals surface area contributed by atoms with Crippen LogP contribution in [-0.2, 0) is 12.8 Å². The number of nitrogens with two attached hydrogens (primary N) is 1. The summed E-state index contributed by atoms with van der Waals surface area (Å²) in [4.78, 5) is 4.32. The zero-order valence-corrected chi connectivity index (χ0v) is 10.2. The van der Waals surface area contributed by atoms with Crippen molar-refractivity contribution < 1.29 is 8.94 Å². The van der Waals surface area contributed by atoms with E-state index in [0.29, 0.717) is 18.1 Å². The monoisotopic (exact) mass is 255 g/mol. The summed E-state index contributed by atoms with van der Waals surface area (Å²) in [6, 6.07) is 9.58. The lowest BCUT2D eigenvalue weighted by atomic mass is 10.1. The van der Waals surface area contributed by atoms with Gasteiger partial charge in [0.15, 0.2) is 0 Å². The Balaban J connectivity index is 1.66. The second-order valence-electron chi connectivity index (χ2n) is 4.27. The number of nitrogens with zero attached hydrogens (tertiary/aromatic N) is 2. The van der Waals surface area contributed by atoms with Gasteiger partial charge in [0.05, 0.1) is 11.8 Å². The summed E-state index contributed by atoms with van der Waals surface area (Å²) in [5, 5.41) is 3.92. The number of aromatic nitrogens is 2. The highest BCUT2D eigenvalue weighted by molar-refractivity contribution is 5.51. The molecule has 3 aromatic rings. The number of anilines is 1. The number of rotatable bonds is 4. The maximum absolute atomic E-state index is 5.64. The van der Waals surface area contributed by atoms with E-state index in [2.05, 4.69) is 10.1 Å². The van der Waals surface area contributed by atoms with E-state index >= 15 is 0 Å². The standard InChI is InChI=1S/C14H13N3O2/c15-12-4-1-10(2-5-12)3-6-13-16-14(17-19-13)11-7-8-18-9-11/h1-2,4-5,7-9H,3,6,15H2. The van der Waals surface area contributed by atoms with Crippen LogP contribution in [-0.4, -0.2) is 10.1 Å². The van der Waals surface area contributed by atoms with Crippen molar-refractivity contribution in [3.63, 3.8) is 0 Å². The third-order valence-corrected chi connectivity index (χ3v) is 2.85. The van der Waals surface area contributed by atoms with Crippen molar-refractivity contribution in [2.45, 2.75) is 12.8 Å². The van der Waals surface area contributed by atoms with Crippen LogP contribution in [0.2, 0.25) is 0 Å². The first kappa shape index (κ1) is 11.5. The van der Waals surface area contributed by atoms with Gasteiger partial charge >= 0.3 is 0 Å². The van der Waals surface area contributed by atoms with E-state index in [1.165, 1.54) is 5.56 Å². The van der Waals surface area contributed by atoms with Crippen molar-refractivity contribution in [2.24, 2.45) is 0 Å². The van der Waals surface area contributed by atoms with Gasteiger partial charge in [0.25, 0.3) is 0 Å². The van der Waals surface area contributed by atoms with E-state index in [9.17, 15) is 0 Å². The molecule has 0 atom stereocenters. The molecule has 5 nitrogen and oxygen atoms in total. The first-order chi connectivity index (χ1) is 9.31. The largest absolute Gasteiger partial charge is 0.472 e. The Morgan fingerprint density at radius 1 is 1.05 bits per heavy atom. The van der Waals surface area contributed by atoms with E-state index in [0.717, 1.165) is 17.7 Å². The van der Waals surface area contributed by atoms with Gasteiger partial charge in [0.1, 0.15) is 6.26 Å². The van der Waals surface area contributed by atoms with Crippen LogP contribution in [0, 0.1) is 0 Å². The maximum atomic E-state index is 5.64. The molecule has 2 aromatic heterocycles. The fourth-order valence-corrected chi connectivity index (χ4v) is 1.80. The molecular formula is C14H13N3O2. The lowest BCUT2D eigenvalue weighted by molar-refractivity contribution is 0.379. The zero-order chi connectivity index (χ0) is 13.1. The van der Waals surface area contributed by atoms with Crippen LogP contribution in [0.4, 0.5) is 5.69 Å². The third kappa shape index (κ3) is 2.65. The van der Waals surface area contributed by atoms with Crippen molar-refractivity contribution in [1.82, 2.24) is 10.1 Å². The molecule has 0 spiro atoms. The van der Waals surface area contributed by atoms with Gasteiger partial charge in [-0.1, -0.05) is 17.3 Å². The molecular weight excluding hydrogens is 242 g/mol. The third-order valence-electron chi connectivity index (χ3n) is 2.85. The zero-order valence-electron chi connectivity index (χ0n) is 10.2. The van der Waals surface area contributed by atoms with E-state index < -0.39 is 0 Å². The first-order valence-corrected chi connectivity index (χ1v) is 6.01. The van der Waals surface area contributed by atoms with Crippen LogP contribution in [0.3, 0.4) is 0 Å². The highest BCUT2D eigenvalue weighted by atomic mass is 16.5. The molecule has 0 aliphatic rings. The van der Waals surface area contributed by atoms with E-state index in [1.807, 2.05) is 24.3 Å². The number of hydrogen-bond acceptors (Lipinski definition) is 5. The minimum absolute atomic E-state index is 0.557. The summed E-state index contributed by atoms with van der Waals surface area (Å²) >= 11 is 0. The van der Waals surface area contributed by atoms with Crippen molar-refractivity contribution in [3.05, 3.63) is 54.3 Å². The molecule has 0 bridgehead atoms. The maximum Gasteiger partial charge on any atom is 0.227 e. The smallest absolute Gasteiger partial charge is 0.227 e. The van der Waals surface area contributed by atoms with Gasteiger partial charge in [-0.15, -0.1) is 0 Å². The van der Waals surface area contributed by atoms with E-state index in [4.69, 9.17) is 14.7 Å². The van der Waals surface area contributed by atoms with Gasteiger partial charge in [0, 0.05) is 12.1 Å². The van der Waals surface area contributed by atoms with Gasteiger partial charge in [-0.05, 0) is 30.2 Å². The Morgan fingerprint density at radius 2 is 1.89 bits per heavy atom. The number of hydrogen-bond donors (Lipinski definition) is 1. The van der Waals surface area contributed by atoms with Gasteiger partial charge in [-0.25, -0.2) is 0 Å². The van der Waals surface area contributed by atoms with Crippen LogP contribution in [0.25, 0.3) is 11.4 Å².